The fourth-order valence-electron chi connectivity index (χ4n) is 2.70. The molecule has 0 unspecified atom stereocenters. The van der Waals surface area contributed by atoms with Crippen LogP contribution in [-0.4, -0.2) is 23.1 Å². The summed E-state index contributed by atoms with van der Waals surface area (Å²) in [5, 5.41) is 0. The predicted octanol–water partition coefficient (Wildman–Crippen LogP) is 2.40. The van der Waals surface area contributed by atoms with Crippen molar-refractivity contribution in [3.8, 4) is 0 Å². The van der Waals surface area contributed by atoms with Crippen molar-refractivity contribution in [2.45, 2.75) is 33.2 Å². The topological polar surface area (TPSA) is 37.4 Å². The smallest absolute Gasteiger partial charge is 0.237 e. The molecule has 2 rings (SSSR count). The molecule has 1 saturated heterocycles. The van der Waals surface area contributed by atoms with Gasteiger partial charge in [0.1, 0.15) is 5.41 Å². The van der Waals surface area contributed by atoms with Gasteiger partial charge in [-0.15, -0.1) is 0 Å². The van der Waals surface area contributed by atoms with Crippen LogP contribution >= 0.6 is 0 Å². The summed E-state index contributed by atoms with van der Waals surface area (Å²) in [6, 6.07) is 9.81. The van der Waals surface area contributed by atoms with Crippen molar-refractivity contribution >= 4 is 11.7 Å². The maximum absolute atomic E-state index is 12.4. The Kier molecular flexibility index (Phi) is 3.50. The standard InChI is InChI=1S/C15H19NO2/c1-3-15(4-2)13(17)11-16(14(15)18)10-12-8-6-5-7-9-12/h5-9H,3-4,10-11H2,1-2H3. The second-order valence-corrected chi connectivity index (χ2v) is 4.86. The Labute approximate surface area is 108 Å². The molecular formula is C15H19NO2. The lowest BCUT2D eigenvalue weighted by Gasteiger charge is -2.23. The van der Waals surface area contributed by atoms with E-state index in [-0.39, 0.29) is 18.2 Å². The molecule has 1 aromatic rings. The van der Waals surface area contributed by atoms with E-state index in [1.54, 1.807) is 4.90 Å². The van der Waals surface area contributed by atoms with Crippen molar-refractivity contribution in [2.24, 2.45) is 5.41 Å². The van der Waals surface area contributed by atoms with E-state index in [2.05, 4.69) is 0 Å². The molecule has 0 N–H and O–H groups in total. The van der Waals surface area contributed by atoms with Gasteiger partial charge >= 0.3 is 0 Å². The highest BCUT2D eigenvalue weighted by atomic mass is 16.2. The number of carbonyl (C=O) groups is 2. The highest BCUT2D eigenvalue weighted by Gasteiger charge is 2.50. The second-order valence-electron chi connectivity index (χ2n) is 4.86. The summed E-state index contributed by atoms with van der Waals surface area (Å²) in [7, 11) is 0. The molecule has 1 aliphatic rings. The number of hydrogen-bond donors (Lipinski definition) is 0. The summed E-state index contributed by atoms with van der Waals surface area (Å²) in [5.74, 6) is 0.0785. The molecule has 96 valence electrons. The van der Waals surface area contributed by atoms with Gasteiger partial charge in [0.2, 0.25) is 5.91 Å². The van der Waals surface area contributed by atoms with Crippen LogP contribution in [-0.2, 0) is 16.1 Å². The first-order valence-electron chi connectivity index (χ1n) is 6.50. The van der Waals surface area contributed by atoms with Gasteiger partial charge in [-0.3, -0.25) is 9.59 Å². The van der Waals surface area contributed by atoms with Crippen molar-refractivity contribution in [3.63, 3.8) is 0 Å². The molecule has 18 heavy (non-hydrogen) atoms. The molecule has 0 atom stereocenters. The molecular weight excluding hydrogens is 226 g/mol. The van der Waals surface area contributed by atoms with E-state index in [4.69, 9.17) is 0 Å². The average Bonchev–Trinajstić information content (AvgIpc) is 2.63. The third-order valence-corrected chi connectivity index (χ3v) is 3.99. The monoisotopic (exact) mass is 245 g/mol. The van der Waals surface area contributed by atoms with Crippen molar-refractivity contribution in [3.05, 3.63) is 35.9 Å². The molecule has 0 bridgehead atoms. The van der Waals surface area contributed by atoms with E-state index in [0.29, 0.717) is 19.4 Å². The maximum atomic E-state index is 12.4. The molecule has 1 aromatic carbocycles. The first kappa shape index (κ1) is 12.8. The van der Waals surface area contributed by atoms with Crippen LogP contribution in [0.5, 0.6) is 0 Å². The van der Waals surface area contributed by atoms with Crippen molar-refractivity contribution in [2.75, 3.05) is 6.54 Å². The van der Waals surface area contributed by atoms with Crippen molar-refractivity contribution in [1.82, 2.24) is 4.90 Å². The second kappa shape index (κ2) is 4.92. The third-order valence-electron chi connectivity index (χ3n) is 3.99. The van der Waals surface area contributed by atoms with Gasteiger partial charge in [0.05, 0.1) is 6.54 Å². The molecule has 3 heteroatoms. The Bertz CT molecular complexity index is 449. The van der Waals surface area contributed by atoms with Gasteiger partial charge in [0.15, 0.2) is 5.78 Å². The predicted molar refractivity (Wildman–Crippen MR) is 69.9 cm³/mol. The van der Waals surface area contributed by atoms with Gasteiger partial charge < -0.3 is 4.90 Å². The average molecular weight is 245 g/mol. The minimum Gasteiger partial charge on any atom is -0.330 e. The van der Waals surface area contributed by atoms with Crippen LogP contribution in [0.1, 0.15) is 32.3 Å². The van der Waals surface area contributed by atoms with E-state index in [9.17, 15) is 9.59 Å². The molecule has 0 aliphatic carbocycles. The summed E-state index contributed by atoms with van der Waals surface area (Å²) in [6.45, 7) is 4.64. The maximum Gasteiger partial charge on any atom is 0.237 e. The molecule has 1 heterocycles. The van der Waals surface area contributed by atoms with Crippen molar-refractivity contribution < 1.29 is 9.59 Å². The zero-order valence-electron chi connectivity index (χ0n) is 11.0. The molecule has 3 nitrogen and oxygen atoms in total. The van der Waals surface area contributed by atoms with Crippen LogP contribution in [0.25, 0.3) is 0 Å². The highest BCUT2D eigenvalue weighted by molar-refractivity contribution is 6.12. The minimum atomic E-state index is -0.755. The van der Waals surface area contributed by atoms with Gasteiger partial charge in [-0.25, -0.2) is 0 Å². The van der Waals surface area contributed by atoms with E-state index in [0.717, 1.165) is 5.56 Å². The SMILES string of the molecule is CCC1(CC)C(=O)CN(Cc2ccccc2)C1=O. The molecule has 0 saturated carbocycles. The molecule has 0 aromatic heterocycles. The summed E-state index contributed by atoms with van der Waals surface area (Å²) < 4.78 is 0. The number of Topliss-reactive ketones (excluding diaryl/α,β-unsaturated/α-hetero) is 1. The van der Waals surface area contributed by atoms with Crippen LogP contribution < -0.4 is 0 Å². The lowest BCUT2D eigenvalue weighted by atomic mass is 9.80. The summed E-state index contributed by atoms with van der Waals surface area (Å²) in [5.41, 5.74) is 0.316. The molecule has 1 aliphatic heterocycles. The van der Waals surface area contributed by atoms with E-state index in [1.165, 1.54) is 0 Å². The minimum absolute atomic E-state index is 0.00125. The lowest BCUT2D eigenvalue weighted by Crippen LogP contribution is -2.35. The zero-order chi connectivity index (χ0) is 13.2. The summed E-state index contributed by atoms with van der Waals surface area (Å²) in [6.07, 6.45) is 1.21. The number of amides is 1. The van der Waals surface area contributed by atoms with Gasteiger partial charge in [-0.1, -0.05) is 44.2 Å². The number of hydrogen-bond acceptors (Lipinski definition) is 2. The first-order chi connectivity index (χ1) is 8.64. The van der Waals surface area contributed by atoms with Crippen LogP contribution in [0, 0.1) is 5.41 Å². The van der Waals surface area contributed by atoms with Crippen LogP contribution in [0.2, 0.25) is 0 Å². The lowest BCUT2D eigenvalue weighted by molar-refractivity contribution is -0.140. The fourth-order valence-corrected chi connectivity index (χ4v) is 2.70. The molecule has 0 radical (unpaired) electrons. The quantitative estimate of drug-likeness (QED) is 0.764. The molecule has 0 spiro atoms. The summed E-state index contributed by atoms with van der Waals surface area (Å²) >= 11 is 0. The molecule has 1 fully saturated rings. The Morgan fingerprint density at radius 3 is 2.22 bits per heavy atom. The van der Waals surface area contributed by atoms with Gasteiger partial charge in [-0.2, -0.15) is 0 Å². The number of rotatable bonds is 4. The number of ketones is 1. The Morgan fingerprint density at radius 1 is 1.11 bits per heavy atom. The number of nitrogens with zero attached hydrogens (tertiary/aromatic N) is 1. The third kappa shape index (κ3) is 1.94. The van der Waals surface area contributed by atoms with E-state index in [1.807, 2.05) is 44.2 Å². The van der Waals surface area contributed by atoms with Gasteiger partial charge in [0.25, 0.3) is 0 Å². The first-order valence-corrected chi connectivity index (χ1v) is 6.50. The van der Waals surface area contributed by atoms with Gasteiger partial charge in [-0.05, 0) is 18.4 Å². The van der Waals surface area contributed by atoms with Crippen molar-refractivity contribution in [1.29, 1.82) is 0 Å². The number of benzene rings is 1. The zero-order valence-corrected chi connectivity index (χ0v) is 11.0. The van der Waals surface area contributed by atoms with Crippen LogP contribution in [0.15, 0.2) is 30.3 Å². The number of carbonyl (C=O) groups excluding carboxylic acids is 2. The highest BCUT2D eigenvalue weighted by Crippen LogP contribution is 2.36. The Balaban J connectivity index is 2.18. The Morgan fingerprint density at radius 2 is 1.72 bits per heavy atom. The van der Waals surface area contributed by atoms with Crippen LogP contribution in [0.4, 0.5) is 0 Å². The van der Waals surface area contributed by atoms with E-state index < -0.39 is 5.41 Å². The van der Waals surface area contributed by atoms with Gasteiger partial charge in [0, 0.05) is 6.54 Å². The fraction of sp³-hybridized carbons (Fsp3) is 0.467. The summed E-state index contributed by atoms with van der Waals surface area (Å²) in [4.78, 5) is 26.2. The largest absolute Gasteiger partial charge is 0.330 e. The molecule has 1 amide bonds. The Hall–Kier alpha value is -1.64. The van der Waals surface area contributed by atoms with E-state index >= 15 is 0 Å². The van der Waals surface area contributed by atoms with Crippen LogP contribution in [0.3, 0.4) is 0 Å². The number of likely N-dealkylation sites (tertiary alicyclic amines) is 1. The normalized spacial score (nSPS) is 18.4.